The fourth-order valence-electron chi connectivity index (χ4n) is 0.258. The first-order valence-corrected chi connectivity index (χ1v) is 2.96. The van der Waals surface area contributed by atoms with Gasteiger partial charge in [-0.25, -0.2) is 0 Å². The molecule has 0 aromatic carbocycles. The van der Waals surface area contributed by atoms with E-state index in [0.717, 1.165) is 0 Å². The van der Waals surface area contributed by atoms with E-state index in [4.69, 9.17) is 5.73 Å². The SMILES string of the molecule is C/C(N)=N/N=C\C(C)C. The number of nitrogens with zero attached hydrogens (tertiary/aromatic N) is 2. The van der Waals surface area contributed by atoms with Gasteiger partial charge < -0.3 is 5.73 Å². The van der Waals surface area contributed by atoms with Crippen molar-refractivity contribution in [2.45, 2.75) is 20.8 Å². The van der Waals surface area contributed by atoms with Crippen molar-refractivity contribution in [3.05, 3.63) is 0 Å². The lowest BCUT2D eigenvalue weighted by Gasteiger charge is -1.88. The molecular formula is C6H13N3. The van der Waals surface area contributed by atoms with Crippen LogP contribution in [-0.4, -0.2) is 12.1 Å². The molecule has 3 heteroatoms. The van der Waals surface area contributed by atoms with Crippen LogP contribution in [0.1, 0.15) is 20.8 Å². The molecule has 0 atom stereocenters. The molecule has 0 bridgehead atoms. The number of nitrogens with two attached hydrogens (primary N) is 1. The monoisotopic (exact) mass is 127 g/mol. The van der Waals surface area contributed by atoms with E-state index in [0.29, 0.717) is 11.8 Å². The van der Waals surface area contributed by atoms with Crippen molar-refractivity contribution in [1.82, 2.24) is 0 Å². The predicted octanol–water partition coefficient (Wildman–Crippen LogP) is 1.01. The molecule has 9 heavy (non-hydrogen) atoms. The quantitative estimate of drug-likeness (QED) is 0.336. The summed E-state index contributed by atoms with van der Waals surface area (Å²) in [7, 11) is 0. The van der Waals surface area contributed by atoms with Gasteiger partial charge in [0.25, 0.3) is 0 Å². The summed E-state index contributed by atoms with van der Waals surface area (Å²) in [5.41, 5.74) is 5.21. The molecular weight excluding hydrogens is 114 g/mol. The first-order valence-electron chi connectivity index (χ1n) is 2.96. The number of hydrogen-bond donors (Lipinski definition) is 1. The zero-order chi connectivity index (χ0) is 7.28. The van der Waals surface area contributed by atoms with Gasteiger partial charge in [0.15, 0.2) is 0 Å². The summed E-state index contributed by atoms with van der Waals surface area (Å²) in [5.74, 6) is 0.931. The third-order valence-electron chi connectivity index (χ3n) is 0.580. The zero-order valence-electron chi connectivity index (χ0n) is 6.13. The van der Waals surface area contributed by atoms with Gasteiger partial charge in [0.2, 0.25) is 0 Å². The predicted molar refractivity (Wildman–Crippen MR) is 40.6 cm³/mol. The van der Waals surface area contributed by atoms with Gasteiger partial charge in [0.05, 0.1) is 0 Å². The van der Waals surface area contributed by atoms with Crippen LogP contribution >= 0.6 is 0 Å². The summed E-state index contributed by atoms with van der Waals surface area (Å²) in [5, 5.41) is 7.34. The minimum absolute atomic E-state index is 0.438. The van der Waals surface area contributed by atoms with Crippen molar-refractivity contribution in [2.24, 2.45) is 21.9 Å². The Morgan fingerprint density at radius 1 is 1.56 bits per heavy atom. The van der Waals surface area contributed by atoms with Crippen LogP contribution in [0.2, 0.25) is 0 Å². The Labute approximate surface area is 55.7 Å². The summed E-state index contributed by atoms with van der Waals surface area (Å²) in [6, 6.07) is 0. The highest BCUT2D eigenvalue weighted by atomic mass is 15.2. The van der Waals surface area contributed by atoms with Crippen molar-refractivity contribution >= 4 is 12.1 Å². The molecule has 0 unspecified atom stereocenters. The van der Waals surface area contributed by atoms with Gasteiger partial charge in [-0.3, -0.25) is 0 Å². The van der Waals surface area contributed by atoms with Gasteiger partial charge >= 0.3 is 0 Å². The summed E-state index contributed by atoms with van der Waals surface area (Å²) in [6.07, 6.45) is 1.75. The Morgan fingerprint density at radius 3 is 2.44 bits per heavy atom. The van der Waals surface area contributed by atoms with Crippen LogP contribution < -0.4 is 5.73 Å². The maximum absolute atomic E-state index is 5.21. The molecule has 52 valence electrons. The highest BCUT2D eigenvalue weighted by molar-refractivity contribution is 5.77. The molecule has 0 fully saturated rings. The molecule has 0 rings (SSSR count). The van der Waals surface area contributed by atoms with Gasteiger partial charge in [-0.05, 0) is 12.8 Å². The van der Waals surface area contributed by atoms with Gasteiger partial charge in [-0.15, -0.1) is 5.10 Å². The number of rotatable bonds is 2. The van der Waals surface area contributed by atoms with Crippen LogP contribution in [0.4, 0.5) is 0 Å². The molecule has 0 radical (unpaired) electrons. The summed E-state index contributed by atoms with van der Waals surface area (Å²) in [6.45, 7) is 5.77. The van der Waals surface area contributed by atoms with E-state index in [1.807, 2.05) is 13.8 Å². The van der Waals surface area contributed by atoms with E-state index in [1.54, 1.807) is 13.1 Å². The minimum atomic E-state index is 0.438. The third-order valence-corrected chi connectivity index (χ3v) is 0.580. The van der Waals surface area contributed by atoms with Gasteiger partial charge in [-0.2, -0.15) is 5.10 Å². The van der Waals surface area contributed by atoms with E-state index in [-0.39, 0.29) is 0 Å². The van der Waals surface area contributed by atoms with Crippen LogP contribution in [0.25, 0.3) is 0 Å². The Balaban J connectivity index is 3.60. The third kappa shape index (κ3) is 7.14. The standard InChI is InChI=1S/C6H13N3/c1-5(2)4-8-9-6(3)7/h4-5H,1-3H3,(H2,7,9)/b8-4-. The average molecular weight is 127 g/mol. The van der Waals surface area contributed by atoms with Crippen LogP contribution in [0.5, 0.6) is 0 Å². The number of amidine groups is 1. The Morgan fingerprint density at radius 2 is 2.11 bits per heavy atom. The molecule has 0 aliphatic rings. The first-order chi connectivity index (χ1) is 4.13. The summed E-state index contributed by atoms with van der Waals surface area (Å²) >= 11 is 0. The van der Waals surface area contributed by atoms with E-state index >= 15 is 0 Å². The molecule has 0 aliphatic heterocycles. The molecule has 0 saturated heterocycles. The van der Waals surface area contributed by atoms with Crippen LogP contribution in [0.3, 0.4) is 0 Å². The molecule has 0 spiro atoms. The lowest BCUT2D eigenvalue weighted by molar-refractivity contribution is 0.899. The van der Waals surface area contributed by atoms with Crippen molar-refractivity contribution < 1.29 is 0 Å². The highest BCUT2D eigenvalue weighted by Crippen LogP contribution is 1.84. The largest absolute Gasteiger partial charge is 0.386 e. The molecule has 0 aromatic rings. The van der Waals surface area contributed by atoms with Crippen molar-refractivity contribution in [3.8, 4) is 0 Å². The minimum Gasteiger partial charge on any atom is -0.386 e. The Bertz CT molecular complexity index is 120. The molecule has 2 N–H and O–H groups in total. The molecule has 0 amide bonds. The fraction of sp³-hybridized carbons (Fsp3) is 0.667. The van der Waals surface area contributed by atoms with Crippen molar-refractivity contribution in [2.75, 3.05) is 0 Å². The lowest BCUT2D eigenvalue weighted by Crippen LogP contribution is -2.03. The number of hydrogen-bond acceptors (Lipinski definition) is 2. The highest BCUT2D eigenvalue weighted by Gasteiger charge is 1.81. The Kier molecular flexibility index (Phi) is 3.67. The van der Waals surface area contributed by atoms with E-state index in [2.05, 4.69) is 10.2 Å². The summed E-state index contributed by atoms with van der Waals surface area (Å²) < 4.78 is 0. The second kappa shape index (κ2) is 4.06. The van der Waals surface area contributed by atoms with Gasteiger partial charge in [-0.1, -0.05) is 13.8 Å². The molecule has 3 nitrogen and oxygen atoms in total. The smallest absolute Gasteiger partial charge is 0.119 e. The Hall–Kier alpha value is -0.860. The second-order valence-corrected chi connectivity index (χ2v) is 2.25. The van der Waals surface area contributed by atoms with Gasteiger partial charge in [0.1, 0.15) is 5.84 Å². The fourth-order valence-corrected chi connectivity index (χ4v) is 0.258. The van der Waals surface area contributed by atoms with E-state index in [9.17, 15) is 0 Å². The maximum Gasteiger partial charge on any atom is 0.119 e. The van der Waals surface area contributed by atoms with E-state index < -0.39 is 0 Å². The molecule has 0 heterocycles. The van der Waals surface area contributed by atoms with E-state index in [1.165, 1.54) is 0 Å². The molecule has 0 aliphatic carbocycles. The van der Waals surface area contributed by atoms with Gasteiger partial charge in [0, 0.05) is 6.21 Å². The van der Waals surface area contributed by atoms with Crippen LogP contribution in [0, 0.1) is 5.92 Å². The normalized spacial score (nSPS) is 13.6. The van der Waals surface area contributed by atoms with Crippen molar-refractivity contribution in [1.29, 1.82) is 0 Å². The maximum atomic E-state index is 5.21. The second-order valence-electron chi connectivity index (χ2n) is 2.25. The first kappa shape index (κ1) is 8.14. The van der Waals surface area contributed by atoms with Crippen molar-refractivity contribution in [3.63, 3.8) is 0 Å². The zero-order valence-corrected chi connectivity index (χ0v) is 6.13. The molecule has 0 saturated carbocycles. The average Bonchev–Trinajstić information content (AvgIpc) is 1.63. The van der Waals surface area contributed by atoms with Crippen LogP contribution in [-0.2, 0) is 0 Å². The topological polar surface area (TPSA) is 50.7 Å². The molecule has 0 aromatic heterocycles. The summed E-state index contributed by atoms with van der Waals surface area (Å²) in [4.78, 5) is 0. The van der Waals surface area contributed by atoms with Crippen LogP contribution in [0.15, 0.2) is 10.2 Å². The lowest BCUT2D eigenvalue weighted by atomic mass is 10.3.